The molecule has 0 saturated heterocycles. The van der Waals surface area contributed by atoms with Crippen LogP contribution < -0.4 is 0 Å². The monoisotopic (exact) mass is 315 g/mol. The van der Waals surface area contributed by atoms with Crippen molar-refractivity contribution < 1.29 is 14.1 Å². The average molecular weight is 315 g/mol. The number of nitrogens with zero attached hydrogens (tertiary/aromatic N) is 4. The number of carbonyl (C=O) groups is 1. The van der Waals surface area contributed by atoms with Crippen molar-refractivity contribution >= 4 is 16.9 Å². The summed E-state index contributed by atoms with van der Waals surface area (Å²) in [5, 5.41) is 3.85. The highest BCUT2D eigenvalue weighted by atomic mass is 16.5. The Bertz CT molecular complexity index is 777. The molecule has 3 rings (SSSR count). The highest BCUT2D eigenvalue weighted by Gasteiger charge is 2.18. The van der Waals surface area contributed by atoms with Gasteiger partial charge in [0.25, 0.3) is 5.91 Å². The molecule has 0 fully saturated rings. The molecule has 0 unspecified atom stereocenters. The van der Waals surface area contributed by atoms with E-state index in [0.717, 1.165) is 11.0 Å². The minimum atomic E-state index is -0.238. The Hall–Kier alpha value is -2.74. The Morgan fingerprint density at radius 1 is 1.35 bits per heavy atom. The molecule has 0 bridgehead atoms. The molecule has 0 saturated carbocycles. The van der Waals surface area contributed by atoms with Crippen LogP contribution in [0.1, 0.15) is 22.3 Å². The van der Waals surface area contributed by atoms with Gasteiger partial charge in [-0.1, -0.05) is 17.3 Å². The maximum atomic E-state index is 12.4. The molecule has 2 heterocycles. The van der Waals surface area contributed by atoms with Gasteiger partial charge in [-0.25, -0.2) is 4.98 Å². The van der Waals surface area contributed by atoms with E-state index in [1.807, 2.05) is 24.3 Å². The predicted octanol–water partition coefficient (Wildman–Crippen LogP) is 1.41. The largest absolute Gasteiger partial charge is 0.384 e. The van der Waals surface area contributed by atoms with E-state index in [-0.39, 0.29) is 18.3 Å². The van der Waals surface area contributed by atoms with Gasteiger partial charge in [-0.2, -0.15) is 4.98 Å². The fourth-order valence-electron chi connectivity index (χ4n) is 2.16. The van der Waals surface area contributed by atoms with Crippen LogP contribution in [0, 0.1) is 0 Å². The fourth-order valence-corrected chi connectivity index (χ4v) is 2.16. The van der Waals surface area contributed by atoms with Crippen molar-refractivity contribution in [3.63, 3.8) is 0 Å². The van der Waals surface area contributed by atoms with Crippen LogP contribution in [-0.2, 0) is 17.7 Å². The number of para-hydroxylation sites is 2. The second-order valence-corrected chi connectivity index (χ2v) is 5.11. The SMILES string of the molecule is COCCc1noc(CN(C)C(=O)c2nc3ccccc3[nH]2)n1. The number of carbonyl (C=O) groups excluding carboxylic acids is 1. The molecule has 23 heavy (non-hydrogen) atoms. The summed E-state index contributed by atoms with van der Waals surface area (Å²) in [6.07, 6.45) is 0.571. The summed E-state index contributed by atoms with van der Waals surface area (Å²) in [5.41, 5.74) is 1.58. The summed E-state index contributed by atoms with van der Waals surface area (Å²) in [6.45, 7) is 0.739. The number of nitrogens with one attached hydrogen (secondary N) is 1. The number of aromatic amines is 1. The Balaban J connectivity index is 1.68. The molecular weight excluding hydrogens is 298 g/mol. The van der Waals surface area contributed by atoms with E-state index in [9.17, 15) is 4.79 Å². The molecule has 1 amide bonds. The lowest BCUT2D eigenvalue weighted by atomic mass is 10.3. The molecule has 0 aliphatic carbocycles. The van der Waals surface area contributed by atoms with Crippen molar-refractivity contribution in [2.45, 2.75) is 13.0 Å². The zero-order chi connectivity index (χ0) is 16.2. The summed E-state index contributed by atoms with van der Waals surface area (Å²) in [7, 11) is 3.27. The molecular formula is C15H17N5O3. The molecule has 8 nitrogen and oxygen atoms in total. The summed E-state index contributed by atoms with van der Waals surface area (Å²) >= 11 is 0. The third-order valence-corrected chi connectivity index (χ3v) is 3.35. The van der Waals surface area contributed by atoms with E-state index in [1.165, 1.54) is 4.90 Å². The second kappa shape index (κ2) is 6.57. The van der Waals surface area contributed by atoms with Crippen LogP contribution in [0.25, 0.3) is 11.0 Å². The third-order valence-electron chi connectivity index (χ3n) is 3.35. The predicted molar refractivity (Wildman–Crippen MR) is 81.8 cm³/mol. The molecule has 0 aliphatic rings. The number of benzene rings is 1. The van der Waals surface area contributed by atoms with Gasteiger partial charge in [0.1, 0.15) is 6.54 Å². The Labute approximate surface area is 132 Å². The number of fused-ring (bicyclic) bond motifs is 1. The van der Waals surface area contributed by atoms with E-state index in [1.54, 1.807) is 14.2 Å². The quantitative estimate of drug-likeness (QED) is 0.738. The number of amides is 1. The Kier molecular flexibility index (Phi) is 4.33. The minimum absolute atomic E-state index is 0.218. The number of hydrogen-bond acceptors (Lipinski definition) is 6. The number of ether oxygens (including phenoxy) is 1. The summed E-state index contributed by atoms with van der Waals surface area (Å²) in [4.78, 5) is 25.4. The highest BCUT2D eigenvalue weighted by molar-refractivity contribution is 5.93. The van der Waals surface area contributed by atoms with E-state index >= 15 is 0 Å². The lowest BCUT2D eigenvalue weighted by Crippen LogP contribution is -2.27. The smallest absolute Gasteiger partial charge is 0.289 e. The molecule has 0 spiro atoms. The molecule has 3 aromatic rings. The van der Waals surface area contributed by atoms with E-state index in [2.05, 4.69) is 20.1 Å². The van der Waals surface area contributed by atoms with Gasteiger partial charge in [0.15, 0.2) is 11.6 Å². The topological polar surface area (TPSA) is 97.1 Å². The van der Waals surface area contributed by atoms with Gasteiger partial charge >= 0.3 is 0 Å². The molecule has 8 heteroatoms. The zero-order valence-corrected chi connectivity index (χ0v) is 12.9. The fraction of sp³-hybridized carbons (Fsp3) is 0.333. The first-order chi connectivity index (χ1) is 11.2. The van der Waals surface area contributed by atoms with Crippen LogP contribution in [0.5, 0.6) is 0 Å². The van der Waals surface area contributed by atoms with Crippen LogP contribution in [-0.4, -0.2) is 51.7 Å². The maximum Gasteiger partial charge on any atom is 0.289 e. The molecule has 0 aliphatic heterocycles. The van der Waals surface area contributed by atoms with Gasteiger partial charge in [0.2, 0.25) is 5.89 Å². The van der Waals surface area contributed by atoms with Crippen molar-refractivity contribution in [1.82, 2.24) is 25.0 Å². The molecule has 1 N–H and O–H groups in total. The van der Waals surface area contributed by atoms with Crippen molar-refractivity contribution in [3.05, 3.63) is 41.8 Å². The summed E-state index contributed by atoms with van der Waals surface area (Å²) < 4.78 is 10.1. The number of imidazole rings is 1. The molecule has 0 atom stereocenters. The van der Waals surface area contributed by atoms with E-state index < -0.39 is 0 Å². The van der Waals surface area contributed by atoms with Crippen molar-refractivity contribution in [1.29, 1.82) is 0 Å². The number of rotatable bonds is 6. The van der Waals surface area contributed by atoms with Gasteiger partial charge in [-0.15, -0.1) is 0 Å². The zero-order valence-electron chi connectivity index (χ0n) is 12.9. The lowest BCUT2D eigenvalue weighted by Gasteiger charge is -2.12. The van der Waals surface area contributed by atoms with Crippen LogP contribution in [0.4, 0.5) is 0 Å². The highest BCUT2D eigenvalue weighted by Crippen LogP contribution is 2.12. The van der Waals surface area contributed by atoms with Gasteiger partial charge in [0, 0.05) is 20.6 Å². The number of aromatic nitrogens is 4. The first kappa shape index (κ1) is 15.2. The van der Waals surface area contributed by atoms with Crippen LogP contribution in [0.15, 0.2) is 28.8 Å². The summed E-state index contributed by atoms with van der Waals surface area (Å²) in [5.74, 6) is 0.986. The molecule has 120 valence electrons. The van der Waals surface area contributed by atoms with Crippen molar-refractivity contribution in [2.24, 2.45) is 0 Å². The lowest BCUT2D eigenvalue weighted by molar-refractivity contribution is 0.0759. The summed E-state index contributed by atoms with van der Waals surface area (Å²) in [6, 6.07) is 7.49. The van der Waals surface area contributed by atoms with Gasteiger partial charge in [-0.05, 0) is 12.1 Å². The second-order valence-electron chi connectivity index (χ2n) is 5.11. The molecule has 2 aromatic heterocycles. The normalized spacial score (nSPS) is 11.0. The number of methoxy groups -OCH3 is 1. The van der Waals surface area contributed by atoms with Gasteiger partial charge in [-0.3, -0.25) is 4.79 Å². The standard InChI is InChI=1S/C15H17N5O3/c1-20(9-13-18-12(19-23-13)7-8-22-2)15(21)14-16-10-5-3-4-6-11(10)17-14/h3-6H,7-9H2,1-2H3,(H,16,17). The van der Waals surface area contributed by atoms with Crippen molar-refractivity contribution in [3.8, 4) is 0 Å². The van der Waals surface area contributed by atoms with Crippen LogP contribution in [0.2, 0.25) is 0 Å². The first-order valence-electron chi connectivity index (χ1n) is 7.18. The number of hydrogen-bond donors (Lipinski definition) is 1. The van der Waals surface area contributed by atoms with Crippen LogP contribution in [0.3, 0.4) is 0 Å². The van der Waals surface area contributed by atoms with Crippen LogP contribution >= 0.6 is 0 Å². The third kappa shape index (κ3) is 3.37. The molecule has 1 aromatic carbocycles. The van der Waals surface area contributed by atoms with E-state index in [0.29, 0.717) is 24.7 Å². The average Bonchev–Trinajstić information content (AvgIpc) is 3.18. The Morgan fingerprint density at radius 2 is 2.17 bits per heavy atom. The Morgan fingerprint density at radius 3 is 2.96 bits per heavy atom. The maximum absolute atomic E-state index is 12.4. The number of H-pyrrole nitrogens is 1. The first-order valence-corrected chi connectivity index (χ1v) is 7.18. The molecule has 0 radical (unpaired) electrons. The van der Waals surface area contributed by atoms with Gasteiger partial charge < -0.3 is 19.1 Å². The minimum Gasteiger partial charge on any atom is -0.384 e. The van der Waals surface area contributed by atoms with Crippen molar-refractivity contribution in [2.75, 3.05) is 20.8 Å². The van der Waals surface area contributed by atoms with E-state index in [4.69, 9.17) is 9.26 Å². The van der Waals surface area contributed by atoms with Gasteiger partial charge in [0.05, 0.1) is 17.6 Å².